The van der Waals surface area contributed by atoms with Gasteiger partial charge in [-0.3, -0.25) is 4.99 Å². The van der Waals surface area contributed by atoms with Crippen molar-refractivity contribution in [1.29, 1.82) is 0 Å². The number of nitrogens with one attached hydrogen (secondary N) is 1. The van der Waals surface area contributed by atoms with E-state index in [1.807, 2.05) is 0 Å². The second-order valence-electron chi connectivity index (χ2n) is 8.17. The van der Waals surface area contributed by atoms with E-state index in [9.17, 15) is 0 Å². The van der Waals surface area contributed by atoms with E-state index in [0.29, 0.717) is 5.41 Å². The van der Waals surface area contributed by atoms with Gasteiger partial charge in [0, 0.05) is 38.2 Å². The maximum atomic E-state index is 5.65. The summed E-state index contributed by atoms with van der Waals surface area (Å²) in [6, 6.07) is 0. The number of aliphatic imine (C=N–C) groups is 1. The molecule has 3 rings (SSSR count). The predicted octanol–water partition coefficient (Wildman–Crippen LogP) is 2.72. The number of rotatable bonds is 7. The van der Waals surface area contributed by atoms with E-state index in [-0.39, 0.29) is 0 Å². The van der Waals surface area contributed by atoms with Gasteiger partial charge in [-0.15, -0.1) is 0 Å². The Morgan fingerprint density at radius 1 is 1.08 bits per heavy atom. The lowest BCUT2D eigenvalue weighted by Crippen LogP contribution is -2.41. The monoisotopic (exact) mass is 350 g/mol. The van der Waals surface area contributed by atoms with E-state index >= 15 is 0 Å². The number of piperidine rings is 1. The standard InChI is InChI=1S/C20H38N4O/c1-2-21-19(24-15-9-20(17-24)10-16-25-18-20)22-11-5-3-6-12-23-13-7-4-8-14-23/h2-18H2,1H3,(H,21,22). The van der Waals surface area contributed by atoms with Gasteiger partial charge in [0.1, 0.15) is 0 Å². The fourth-order valence-corrected chi connectivity index (χ4v) is 4.51. The van der Waals surface area contributed by atoms with Gasteiger partial charge in [0.15, 0.2) is 5.96 Å². The second-order valence-corrected chi connectivity index (χ2v) is 8.17. The van der Waals surface area contributed by atoms with E-state index < -0.39 is 0 Å². The van der Waals surface area contributed by atoms with Crippen molar-refractivity contribution >= 4 is 5.96 Å². The van der Waals surface area contributed by atoms with E-state index in [2.05, 4.69) is 22.0 Å². The number of guanidine groups is 1. The number of hydrogen-bond donors (Lipinski definition) is 1. The quantitative estimate of drug-likeness (QED) is 0.435. The molecule has 0 aromatic carbocycles. The molecule has 144 valence electrons. The van der Waals surface area contributed by atoms with Crippen LogP contribution in [-0.4, -0.2) is 74.8 Å². The minimum atomic E-state index is 0.407. The summed E-state index contributed by atoms with van der Waals surface area (Å²) in [5, 5.41) is 3.50. The van der Waals surface area contributed by atoms with Crippen molar-refractivity contribution in [2.75, 3.05) is 59.0 Å². The largest absolute Gasteiger partial charge is 0.381 e. The Hall–Kier alpha value is -0.810. The minimum Gasteiger partial charge on any atom is -0.381 e. The van der Waals surface area contributed by atoms with Crippen molar-refractivity contribution < 1.29 is 4.74 Å². The minimum absolute atomic E-state index is 0.407. The van der Waals surface area contributed by atoms with Gasteiger partial charge >= 0.3 is 0 Å². The Morgan fingerprint density at radius 2 is 1.96 bits per heavy atom. The van der Waals surface area contributed by atoms with Crippen LogP contribution in [0, 0.1) is 5.41 Å². The van der Waals surface area contributed by atoms with Gasteiger partial charge in [-0.2, -0.15) is 0 Å². The summed E-state index contributed by atoms with van der Waals surface area (Å²) in [5.41, 5.74) is 0.407. The lowest BCUT2D eigenvalue weighted by atomic mass is 9.87. The summed E-state index contributed by atoms with van der Waals surface area (Å²) in [4.78, 5) is 10.0. The molecule has 25 heavy (non-hydrogen) atoms. The molecule has 0 saturated carbocycles. The van der Waals surface area contributed by atoms with E-state index in [1.165, 1.54) is 71.0 Å². The van der Waals surface area contributed by atoms with Crippen molar-refractivity contribution in [3.8, 4) is 0 Å². The van der Waals surface area contributed by atoms with Crippen molar-refractivity contribution in [3.63, 3.8) is 0 Å². The molecule has 0 aromatic rings. The summed E-state index contributed by atoms with van der Waals surface area (Å²) < 4.78 is 5.65. The molecule has 1 N–H and O–H groups in total. The topological polar surface area (TPSA) is 40.1 Å². The molecule has 5 heteroatoms. The molecule has 3 aliphatic rings. The first-order valence-electron chi connectivity index (χ1n) is 10.6. The van der Waals surface area contributed by atoms with Gasteiger partial charge in [-0.1, -0.05) is 12.8 Å². The first-order chi connectivity index (χ1) is 12.3. The molecule has 1 unspecified atom stereocenters. The SMILES string of the molecule is CCNC(=NCCCCCN1CCCCC1)N1CCC2(CCOC2)C1. The van der Waals surface area contributed by atoms with Crippen LogP contribution in [0.15, 0.2) is 4.99 Å². The molecule has 0 bridgehead atoms. The van der Waals surface area contributed by atoms with Crippen LogP contribution in [0.25, 0.3) is 0 Å². The number of hydrogen-bond acceptors (Lipinski definition) is 3. The molecule has 0 radical (unpaired) electrons. The molecular formula is C20H38N4O. The first kappa shape index (κ1) is 19.0. The van der Waals surface area contributed by atoms with Gasteiger partial charge in [-0.25, -0.2) is 0 Å². The van der Waals surface area contributed by atoms with Crippen molar-refractivity contribution in [3.05, 3.63) is 0 Å². The summed E-state index contributed by atoms with van der Waals surface area (Å²) in [7, 11) is 0. The summed E-state index contributed by atoms with van der Waals surface area (Å²) in [6.07, 6.45) is 10.6. The Balaban J connectivity index is 1.35. The molecule has 5 nitrogen and oxygen atoms in total. The average Bonchev–Trinajstić information content (AvgIpc) is 3.28. The Morgan fingerprint density at radius 3 is 2.72 bits per heavy atom. The molecule has 3 saturated heterocycles. The smallest absolute Gasteiger partial charge is 0.193 e. The highest BCUT2D eigenvalue weighted by Gasteiger charge is 2.42. The van der Waals surface area contributed by atoms with E-state index in [1.54, 1.807) is 0 Å². The molecule has 3 fully saturated rings. The highest BCUT2D eigenvalue weighted by molar-refractivity contribution is 5.80. The van der Waals surface area contributed by atoms with Gasteiger partial charge in [0.25, 0.3) is 0 Å². The highest BCUT2D eigenvalue weighted by Crippen LogP contribution is 2.38. The molecule has 0 amide bonds. The third kappa shape index (κ3) is 5.58. The maximum Gasteiger partial charge on any atom is 0.193 e. The van der Waals surface area contributed by atoms with Crippen LogP contribution in [0.3, 0.4) is 0 Å². The van der Waals surface area contributed by atoms with Crippen LogP contribution >= 0.6 is 0 Å². The summed E-state index contributed by atoms with van der Waals surface area (Å²) in [6.45, 7) is 12.1. The van der Waals surface area contributed by atoms with Gasteiger partial charge in [-0.05, 0) is 65.1 Å². The molecule has 0 aliphatic carbocycles. The third-order valence-corrected chi connectivity index (χ3v) is 6.10. The average molecular weight is 351 g/mol. The zero-order chi connectivity index (χ0) is 17.4. The molecule has 1 atom stereocenters. The van der Waals surface area contributed by atoms with Gasteiger partial charge < -0.3 is 19.9 Å². The van der Waals surface area contributed by atoms with Crippen molar-refractivity contribution in [2.45, 2.75) is 58.3 Å². The van der Waals surface area contributed by atoms with Crippen molar-refractivity contribution in [2.24, 2.45) is 10.4 Å². The molecule has 3 heterocycles. The summed E-state index contributed by atoms with van der Waals surface area (Å²) in [5.74, 6) is 1.13. The molecule has 1 spiro atoms. The predicted molar refractivity (Wildman–Crippen MR) is 104 cm³/mol. The fourth-order valence-electron chi connectivity index (χ4n) is 4.51. The number of nitrogens with zero attached hydrogens (tertiary/aromatic N) is 3. The zero-order valence-electron chi connectivity index (χ0n) is 16.3. The van der Waals surface area contributed by atoms with Crippen molar-refractivity contribution in [1.82, 2.24) is 15.1 Å². The molecule has 0 aromatic heterocycles. The lowest BCUT2D eigenvalue weighted by Gasteiger charge is -2.26. The van der Waals surface area contributed by atoms with Crippen LogP contribution < -0.4 is 5.32 Å². The molecular weight excluding hydrogens is 312 g/mol. The fraction of sp³-hybridized carbons (Fsp3) is 0.950. The number of unbranched alkanes of at least 4 members (excludes halogenated alkanes) is 2. The van der Waals surface area contributed by atoms with Crippen LogP contribution in [0.4, 0.5) is 0 Å². The third-order valence-electron chi connectivity index (χ3n) is 6.10. The van der Waals surface area contributed by atoms with E-state index in [4.69, 9.17) is 9.73 Å². The maximum absolute atomic E-state index is 5.65. The van der Waals surface area contributed by atoms with Gasteiger partial charge in [0.05, 0.1) is 6.61 Å². The van der Waals surface area contributed by atoms with E-state index in [0.717, 1.165) is 45.4 Å². The Bertz CT molecular complexity index is 414. The van der Waals surface area contributed by atoms with Gasteiger partial charge in [0.2, 0.25) is 0 Å². The number of ether oxygens (including phenoxy) is 1. The normalized spacial score (nSPS) is 28.2. The second kappa shape index (κ2) is 9.77. The first-order valence-corrected chi connectivity index (χ1v) is 10.6. The highest BCUT2D eigenvalue weighted by atomic mass is 16.5. The van der Waals surface area contributed by atoms with Crippen LogP contribution in [0.1, 0.15) is 58.3 Å². The zero-order valence-corrected chi connectivity index (χ0v) is 16.3. The lowest BCUT2D eigenvalue weighted by molar-refractivity contribution is 0.156. The van der Waals surface area contributed by atoms with Crippen LogP contribution in [0.5, 0.6) is 0 Å². The summed E-state index contributed by atoms with van der Waals surface area (Å²) >= 11 is 0. The van der Waals surface area contributed by atoms with Crippen LogP contribution in [0.2, 0.25) is 0 Å². The number of likely N-dealkylation sites (tertiary alicyclic amines) is 2. The Labute approximate surface area is 154 Å². The van der Waals surface area contributed by atoms with Crippen LogP contribution in [-0.2, 0) is 4.74 Å². The molecule has 3 aliphatic heterocycles. The Kier molecular flexibility index (Phi) is 7.41.